The van der Waals surface area contributed by atoms with Crippen LogP contribution in [-0.4, -0.2) is 6.03 Å². The van der Waals surface area contributed by atoms with Gasteiger partial charge in [-0.15, -0.1) is 11.3 Å². The van der Waals surface area contributed by atoms with Crippen molar-refractivity contribution in [2.45, 2.75) is 6.54 Å². The fourth-order valence-corrected chi connectivity index (χ4v) is 2.58. The van der Waals surface area contributed by atoms with Gasteiger partial charge in [0.2, 0.25) is 0 Å². The number of hydrogen-bond donors (Lipinski definition) is 2. The predicted octanol–water partition coefficient (Wildman–Crippen LogP) is 4.33. The van der Waals surface area contributed by atoms with Crippen molar-refractivity contribution in [2.24, 2.45) is 0 Å². The summed E-state index contributed by atoms with van der Waals surface area (Å²) in [6.07, 6.45) is 0. The van der Waals surface area contributed by atoms with Gasteiger partial charge in [-0.1, -0.05) is 24.3 Å². The van der Waals surface area contributed by atoms with Gasteiger partial charge in [-0.2, -0.15) is 0 Å². The van der Waals surface area contributed by atoms with E-state index < -0.39 is 0 Å². The second kappa shape index (κ2) is 6.28. The van der Waals surface area contributed by atoms with Crippen LogP contribution in [-0.2, 0) is 6.54 Å². The number of para-hydroxylation sites is 1. The van der Waals surface area contributed by atoms with Gasteiger partial charge in [-0.3, -0.25) is 0 Å². The van der Waals surface area contributed by atoms with E-state index in [2.05, 4.69) is 10.6 Å². The number of rotatable bonds is 4. The molecule has 0 saturated heterocycles. The van der Waals surface area contributed by atoms with E-state index in [0.717, 1.165) is 22.1 Å². The summed E-state index contributed by atoms with van der Waals surface area (Å²) in [6, 6.07) is 16.8. The number of anilines is 1. The Bertz CT molecular complexity index is 705. The van der Waals surface area contributed by atoms with Crippen LogP contribution in [0.25, 0.3) is 10.6 Å². The molecule has 0 aliphatic rings. The first-order chi connectivity index (χ1) is 10.3. The number of thiophene rings is 1. The van der Waals surface area contributed by atoms with E-state index in [1.54, 1.807) is 11.3 Å². The molecule has 0 saturated carbocycles. The molecule has 0 unspecified atom stereocenters. The van der Waals surface area contributed by atoms with Gasteiger partial charge in [0.05, 0.1) is 11.4 Å². The van der Waals surface area contributed by atoms with Crippen LogP contribution < -0.4 is 10.6 Å². The average molecular weight is 298 g/mol. The maximum Gasteiger partial charge on any atom is 0.319 e. The highest BCUT2D eigenvalue weighted by Gasteiger charge is 2.07. The number of furan rings is 1. The molecular formula is C16H14N2O2S. The molecule has 0 bridgehead atoms. The van der Waals surface area contributed by atoms with E-state index in [9.17, 15) is 4.79 Å². The molecule has 0 radical (unpaired) electrons. The molecule has 21 heavy (non-hydrogen) atoms. The zero-order chi connectivity index (χ0) is 14.5. The highest BCUT2D eigenvalue weighted by atomic mass is 32.1. The topological polar surface area (TPSA) is 54.3 Å². The first-order valence-electron chi connectivity index (χ1n) is 6.54. The third kappa shape index (κ3) is 3.52. The van der Waals surface area contributed by atoms with Crippen molar-refractivity contribution in [3.63, 3.8) is 0 Å². The minimum Gasteiger partial charge on any atom is -0.458 e. The Labute approximate surface area is 126 Å². The summed E-state index contributed by atoms with van der Waals surface area (Å²) in [5.41, 5.74) is 0.758. The van der Waals surface area contributed by atoms with Crippen molar-refractivity contribution in [3.8, 4) is 10.6 Å². The summed E-state index contributed by atoms with van der Waals surface area (Å²) < 4.78 is 5.70. The van der Waals surface area contributed by atoms with E-state index in [4.69, 9.17) is 4.42 Å². The summed E-state index contributed by atoms with van der Waals surface area (Å²) in [6.45, 7) is 0.351. The Balaban J connectivity index is 1.54. The Morgan fingerprint density at radius 3 is 2.67 bits per heavy atom. The van der Waals surface area contributed by atoms with Gasteiger partial charge < -0.3 is 15.1 Å². The quantitative estimate of drug-likeness (QED) is 0.753. The average Bonchev–Trinajstić information content (AvgIpc) is 3.17. The molecule has 4 nitrogen and oxygen atoms in total. The van der Waals surface area contributed by atoms with E-state index >= 15 is 0 Å². The minimum atomic E-state index is -0.254. The molecule has 0 aliphatic heterocycles. The molecule has 0 spiro atoms. The highest BCUT2D eigenvalue weighted by molar-refractivity contribution is 7.13. The Kier molecular flexibility index (Phi) is 4.02. The Morgan fingerprint density at radius 1 is 1.05 bits per heavy atom. The summed E-state index contributed by atoms with van der Waals surface area (Å²) >= 11 is 1.62. The number of carbonyl (C=O) groups is 1. The van der Waals surface area contributed by atoms with Crippen LogP contribution in [0.3, 0.4) is 0 Å². The largest absolute Gasteiger partial charge is 0.458 e. The SMILES string of the molecule is O=C(NCc1ccc(-c2cccs2)o1)Nc1ccccc1. The van der Waals surface area contributed by atoms with E-state index in [1.807, 2.05) is 60.0 Å². The van der Waals surface area contributed by atoms with Crippen molar-refractivity contribution >= 4 is 23.1 Å². The van der Waals surface area contributed by atoms with E-state index in [0.29, 0.717) is 6.54 Å². The second-order valence-corrected chi connectivity index (χ2v) is 5.36. The van der Waals surface area contributed by atoms with Crippen molar-refractivity contribution in [1.29, 1.82) is 0 Å². The van der Waals surface area contributed by atoms with Gasteiger partial charge in [-0.05, 0) is 35.7 Å². The van der Waals surface area contributed by atoms with Gasteiger partial charge in [0.1, 0.15) is 11.5 Å². The van der Waals surface area contributed by atoms with Crippen molar-refractivity contribution in [2.75, 3.05) is 5.32 Å². The normalized spacial score (nSPS) is 10.3. The monoisotopic (exact) mass is 298 g/mol. The molecule has 106 valence electrons. The number of urea groups is 1. The smallest absolute Gasteiger partial charge is 0.319 e. The molecule has 2 amide bonds. The molecule has 3 rings (SSSR count). The van der Waals surface area contributed by atoms with Gasteiger partial charge in [0, 0.05) is 5.69 Å². The lowest BCUT2D eigenvalue weighted by atomic mass is 10.3. The third-order valence-electron chi connectivity index (χ3n) is 2.88. The van der Waals surface area contributed by atoms with Gasteiger partial charge in [0.25, 0.3) is 0 Å². The minimum absolute atomic E-state index is 0.254. The van der Waals surface area contributed by atoms with Crippen molar-refractivity contribution in [3.05, 3.63) is 65.7 Å². The van der Waals surface area contributed by atoms with E-state index in [-0.39, 0.29) is 6.03 Å². The van der Waals surface area contributed by atoms with Crippen LogP contribution in [0.4, 0.5) is 10.5 Å². The number of amides is 2. The van der Waals surface area contributed by atoms with Crippen LogP contribution in [0, 0.1) is 0 Å². The molecule has 0 fully saturated rings. The zero-order valence-electron chi connectivity index (χ0n) is 11.2. The van der Waals surface area contributed by atoms with Crippen LogP contribution in [0.2, 0.25) is 0 Å². The van der Waals surface area contributed by atoms with Gasteiger partial charge in [-0.25, -0.2) is 4.79 Å². The second-order valence-electron chi connectivity index (χ2n) is 4.42. The van der Waals surface area contributed by atoms with Crippen LogP contribution in [0.5, 0.6) is 0 Å². The number of hydrogen-bond acceptors (Lipinski definition) is 3. The van der Waals surface area contributed by atoms with Crippen LogP contribution in [0.1, 0.15) is 5.76 Å². The molecule has 1 aromatic carbocycles. The van der Waals surface area contributed by atoms with Crippen LogP contribution in [0.15, 0.2) is 64.4 Å². The lowest BCUT2D eigenvalue weighted by Crippen LogP contribution is -2.27. The lowest BCUT2D eigenvalue weighted by molar-refractivity contribution is 0.251. The van der Waals surface area contributed by atoms with Gasteiger partial charge in [0.15, 0.2) is 0 Å². The molecular weight excluding hydrogens is 284 g/mol. The first kappa shape index (κ1) is 13.5. The highest BCUT2D eigenvalue weighted by Crippen LogP contribution is 2.26. The molecule has 2 heterocycles. The van der Waals surface area contributed by atoms with Crippen LogP contribution >= 0.6 is 11.3 Å². The Morgan fingerprint density at radius 2 is 1.90 bits per heavy atom. The maximum absolute atomic E-state index is 11.8. The summed E-state index contributed by atoms with van der Waals surface area (Å²) in [7, 11) is 0. The fourth-order valence-electron chi connectivity index (χ4n) is 1.89. The molecule has 5 heteroatoms. The summed E-state index contributed by atoms with van der Waals surface area (Å²) in [5.74, 6) is 1.55. The molecule has 3 aromatic rings. The van der Waals surface area contributed by atoms with Crippen molar-refractivity contribution in [1.82, 2.24) is 5.32 Å². The fraction of sp³-hybridized carbons (Fsp3) is 0.0625. The Hall–Kier alpha value is -2.53. The molecule has 0 atom stereocenters. The molecule has 2 aromatic heterocycles. The standard InChI is InChI=1S/C16H14N2O2S/c19-16(18-12-5-2-1-3-6-12)17-11-13-8-9-14(20-13)15-7-4-10-21-15/h1-10H,11H2,(H2,17,18,19). The number of benzene rings is 1. The summed E-state index contributed by atoms with van der Waals surface area (Å²) in [4.78, 5) is 12.8. The first-order valence-corrected chi connectivity index (χ1v) is 7.42. The zero-order valence-corrected chi connectivity index (χ0v) is 12.0. The number of carbonyl (C=O) groups excluding carboxylic acids is 1. The maximum atomic E-state index is 11.8. The third-order valence-corrected chi connectivity index (χ3v) is 3.76. The number of nitrogens with one attached hydrogen (secondary N) is 2. The van der Waals surface area contributed by atoms with Crippen molar-refractivity contribution < 1.29 is 9.21 Å². The predicted molar refractivity (Wildman–Crippen MR) is 84.3 cm³/mol. The van der Waals surface area contributed by atoms with Gasteiger partial charge >= 0.3 is 6.03 Å². The molecule has 2 N–H and O–H groups in total. The summed E-state index contributed by atoms with van der Waals surface area (Å²) in [5, 5.41) is 7.53. The van der Waals surface area contributed by atoms with E-state index in [1.165, 1.54) is 0 Å². The molecule has 0 aliphatic carbocycles. The lowest BCUT2D eigenvalue weighted by Gasteiger charge is -2.05.